The van der Waals surface area contributed by atoms with Gasteiger partial charge >= 0.3 is 0 Å². The summed E-state index contributed by atoms with van der Waals surface area (Å²) in [5.74, 6) is 3.01. The minimum atomic E-state index is 0.0440. The van der Waals surface area contributed by atoms with Crippen LogP contribution in [0.15, 0.2) is 22.9 Å². The summed E-state index contributed by atoms with van der Waals surface area (Å²) >= 11 is 0. The first-order chi connectivity index (χ1) is 14.8. The van der Waals surface area contributed by atoms with Crippen LogP contribution in [-0.4, -0.2) is 52.1 Å². The van der Waals surface area contributed by atoms with Gasteiger partial charge in [-0.15, -0.1) is 0 Å². The summed E-state index contributed by atoms with van der Waals surface area (Å²) < 4.78 is 5.55. The van der Waals surface area contributed by atoms with Crippen LogP contribution in [0.2, 0.25) is 0 Å². The van der Waals surface area contributed by atoms with E-state index < -0.39 is 0 Å². The summed E-state index contributed by atoms with van der Waals surface area (Å²) in [6.45, 7) is 3.45. The quantitative estimate of drug-likeness (QED) is 0.759. The molecule has 5 rings (SSSR count). The number of anilines is 1. The molecule has 3 fully saturated rings. The van der Waals surface area contributed by atoms with E-state index in [1.165, 1.54) is 19.3 Å². The van der Waals surface area contributed by atoms with Crippen LogP contribution >= 0.6 is 0 Å². The van der Waals surface area contributed by atoms with Gasteiger partial charge in [0.05, 0.1) is 11.5 Å². The van der Waals surface area contributed by atoms with E-state index in [0.29, 0.717) is 24.2 Å². The Morgan fingerprint density at radius 1 is 1.00 bits per heavy atom. The van der Waals surface area contributed by atoms with Gasteiger partial charge in [0.1, 0.15) is 5.82 Å². The van der Waals surface area contributed by atoms with Crippen LogP contribution in [0.1, 0.15) is 69.6 Å². The molecule has 2 aromatic rings. The van der Waals surface area contributed by atoms with Crippen molar-refractivity contribution >= 4 is 11.7 Å². The summed E-state index contributed by atoms with van der Waals surface area (Å²) in [7, 11) is 0. The van der Waals surface area contributed by atoms with Crippen molar-refractivity contribution in [3.8, 4) is 11.4 Å². The fraction of sp³-hybridized carbons (Fsp3) is 0.652. The van der Waals surface area contributed by atoms with Crippen LogP contribution in [0.3, 0.4) is 0 Å². The highest BCUT2D eigenvalue weighted by Crippen LogP contribution is 2.37. The topological polar surface area (TPSA) is 75.4 Å². The van der Waals surface area contributed by atoms with Gasteiger partial charge in [0.25, 0.3) is 0 Å². The van der Waals surface area contributed by atoms with E-state index in [-0.39, 0.29) is 5.92 Å². The highest BCUT2D eigenvalue weighted by atomic mass is 16.5. The lowest BCUT2D eigenvalue weighted by Crippen LogP contribution is -2.45. The number of hydrogen-bond donors (Lipinski definition) is 0. The highest BCUT2D eigenvalue weighted by molar-refractivity contribution is 5.80. The standard InChI is InChI=1S/C23H31N5O2/c29-23(27-13-3-1-2-4-14-27)18-10-7-15-28(16-18)21-19(11-6-12-24-21)20-25-22(30-26-20)17-8-5-9-17/h6,11-12,17-18H,1-5,7-10,13-16H2/t18-/m0/s1. The monoisotopic (exact) mass is 409 g/mol. The molecular weight excluding hydrogens is 378 g/mol. The molecule has 7 heteroatoms. The Bertz CT molecular complexity index is 870. The van der Waals surface area contributed by atoms with Gasteiger partial charge in [0.15, 0.2) is 0 Å². The third-order valence-electron chi connectivity index (χ3n) is 6.91. The fourth-order valence-corrected chi connectivity index (χ4v) is 4.91. The summed E-state index contributed by atoms with van der Waals surface area (Å²) in [5, 5.41) is 4.25. The van der Waals surface area contributed by atoms with Gasteiger partial charge in [-0.3, -0.25) is 4.79 Å². The van der Waals surface area contributed by atoms with Crippen molar-refractivity contribution < 1.29 is 9.32 Å². The van der Waals surface area contributed by atoms with Crippen molar-refractivity contribution in [3.05, 3.63) is 24.2 Å². The van der Waals surface area contributed by atoms with Crippen LogP contribution in [0, 0.1) is 5.92 Å². The summed E-state index contributed by atoms with van der Waals surface area (Å²) in [4.78, 5) is 26.9. The molecule has 1 amide bonds. The number of aromatic nitrogens is 3. The first-order valence-corrected chi connectivity index (χ1v) is 11.6. The van der Waals surface area contributed by atoms with Crippen LogP contribution in [0.25, 0.3) is 11.4 Å². The molecule has 4 heterocycles. The molecule has 1 aliphatic carbocycles. The third kappa shape index (κ3) is 3.94. The molecule has 0 radical (unpaired) electrons. The van der Waals surface area contributed by atoms with Crippen molar-refractivity contribution in [2.75, 3.05) is 31.1 Å². The SMILES string of the molecule is O=C([C@H]1CCCN(c2ncccc2-c2noc(C3CCC3)n2)C1)N1CCCCCC1. The zero-order chi connectivity index (χ0) is 20.3. The number of pyridine rings is 1. The molecule has 0 bridgehead atoms. The maximum Gasteiger partial charge on any atom is 0.230 e. The van der Waals surface area contributed by atoms with Crippen LogP contribution in [0.4, 0.5) is 5.82 Å². The van der Waals surface area contributed by atoms with Crippen molar-refractivity contribution in [3.63, 3.8) is 0 Å². The number of carbonyl (C=O) groups excluding carboxylic acids is 1. The Kier molecular flexibility index (Phi) is 5.69. The molecule has 2 aromatic heterocycles. The van der Waals surface area contributed by atoms with Gasteiger partial charge in [0, 0.05) is 38.3 Å². The molecule has 30 heavy (non-hydrogen) atoms. The molecule has 0 spiro atoms. The smallest absolute Gasteiger partial charge is 0.230 e. The number of piperidine rings is 1. The fourth-order valence-electron chi connectivity index (χ4n) is 4.91. The van der Waals surface area contributed by atoms with Crippen LogP contribution in [0.5, 0.6) is 0 Å². The molecule has 3 aliphatic rings. The van der Waals surface area contributed by atoms with E-state index in [2.05, 4.69) is 24.9 Å². The number of amides is 1. The first-order valence-electron chi connectivity index (χ1n) is 11.6. The van der Waals surface area contributed by atoms with E-state index in [1.54, 1.807) is 0 Å². The van der Waals surface area contributed by atoms with Crippen molar-refractivity contribution in [2.45, 2.75) is 63.7 Å². The van der Waals surface area contributed by atoms with E-state index in [9.17, 15) is 4.79 Å². The van der Waals surface area contributed by atoms with Crippen LogP contribution in [-0.2, 0) is 4.79 Å². The Labute approximate surface area is 177 Å². The average Bonchev–Trinajstić information content (AvgIpc) is 3.05. The Hall–Kier alpha value is -2.44. The van der Waals surface area contributed by atoms with E-state index in [1.807, 2.05) is 18.3 Å². The lowest BCUT2D eigenvalue weighted by molar-refractivity contribution is -0.135. The van der Waals surface area contributed by atoms with Gasteiger partial charge < -0.3 is 14.3 Å². The van der Waals surface area contributed by atoms with Gasteiger partial charge in [-0.2, -0.15) is 4.98 Å². The summed E-state index contributed by atoms with van der Waals surface area (Å²) in [6.07, 6.45) is 12.0. The molecule has 1 saturated carbocycles. The minimum absolute atomic E-state index is 0.0440. The second-order valence-corrected chi connectivity index (χ2v) is 8.98. The lowest BCUT2D eigenvalue weighted by Gasteiger charge is -2.36. The van der Waals surface area contributed by atoms with E-state index in [4.69, 9.17) is 4.52 Å². The maximum absolute atomic E-state index is 13.2. The molecule has 1 atom stereocenters. The Balaban J connectivity index is 1.34. The molecule has 0 unspecified atom stereocenters. The van der Waals surface area contributed by atoms with Crippen molar-refractivity contribution in [2.24, 2.45) is 5.92 Å². The summed E-state index contributed by atoms with van der Waals surface area (Å²) in [6, 6.07) is 3.93. The largest absolute Gasteiger partial charge is 0.355 e. The number of likely N-dealkylation sites (tertiary alicyclic amines) is 1. The number of hydrogen-bond acceptors (Lipinski definition) is 6. The normalized spacial score (nSPS) is 23.1. The zero-order valence-electron chi connectivity index (χ0n) is 17.6. The lowest BCUT2D eigenvalue weighted by atomic mass is 9.85. The van der Waals surface area contributed by atoms with Gasteiger partial charge in [-0.05, 0) is 50.7 Å². The van der Waals surface area contributed by atoms with Crippen molar-refractivity contribution in [1.82, 2.24) is 20.0 Å². The van der Waals surface area contributed by atoms with Gasteiger partial charge in [-0.1, -0.05) is 24.4 Å². The van der Waals surface area contributed by atoms with E-state index in [0.717, 1.165) is 75.4 Å². The van der Waals surface area contributed by atoms with Gasteiger partial charge in [-0.25, -0.2) is 4.98 Å². The number of nitrogens with zero attached hydrogens (tertiary/aromatic N) is 5. The molecule has 0 N–H and O–H groups in total. The zero-order valence-corrected chi connectivity index (χ0v) is 17.6. The maximum atomic E-state index is 13.2. The predicted octanol–water partition coefficient (Wildman–Crippen LogP) is 4.02. The van der Waals surface area contributed by atoms with Crippen molar-refractivity contribution in [1.29, 1.82) is 0 Å². The number of carbonyl (C=O) groups is 1. The number of rotatable bonds is 4. The predicted molar refractivity (Wildman–Crippen MR) is 114 cm³/mol. The molecule has 2 aliphatic heterocycles. The molecule has 0 aromatic carbocycles. The third-order valence-corrected chi connectivity index (χ3v) is 6.91. The summed E-state index contributed by atoms with van der Waals surface area (Å²) in [5.41, 5.74) is 0.898. The highest BCUT2D eigenvalue weighted by Gasteiger charge is 2.32. The second-order valence-electron chi connectivity index (χ2n) is 8.98. The molecule has 2 saturated heterocycles. The first kappa shape index (κ1) is 19.5. The minimum Gasteiger partial charge on any atom is -0.355 e. The van der Waals surface area contributed by atoms with Crippen LogP contribution < -0.4 is 4.90 Å². The molecule has 160 valence electrons. The Morgan fingerprint density at radius 3 is 2.60 bits per heavy atom. The average molecular weight is 410 g/mol. The molecular formula is C23H31N5O2. The second kappa shape index (κ2) is 8.74. The molecule has 7 nitrogen and oxygen atoms in total. The van der Waals surface area contributed by atoms with E-state index >= 15 is 0 Å². The Morgan fingerprint density at radius 2 is 1.83 bits per heavy atom. The van der Waals surface area contributed by atoms with Gasteiger partial charge in [0.2, 0.25) is 17.6 Å².